The summed E-state index contributed by atoms with van der Waals surface area (Å²) >= 11 is 0. The molecule has 0 heterocycles. The number of amides is 2. The highest BCUT2D eigenvalue weighted by molar-refractivity contribution is 5.68. The third-order valence-corrected chi connectivity index (χ3v) is 14.9. The van der Waals surface area contributed by atoms with Gasteiger partial charge < -0.3 is 25.0 Å². The minimum Gasteiger partial charge on any atom is -0.446 e. The SMILES string of the molecule is CCC(CCCC1CCC2C3CC=C4CC(OC(=O)N(CCCCNCCC(C)NC(=O)OC(C)(C)C)CCC(C)C)CCC4(C)C3CCC12C)C(C)C. The molecule has 9 unspecified atom stereocenters. The molecule has 3 saturated carbocycles. The van der Waals surface area contributed by atoms with E-state index in [0.29, 0.717) is 11.3 Å². The highest BCUT2D eigenvalue weighted by atomic mass is 16.6. The Morgan fingerprint density at radius 1 is 0.907 bits per heavy atom. The molecule has 0 aromatic heterocycles. The van der Waals surface area contributed by atoms with Gasteiger partial charge >= 0.3 is 12.2 Å². The number of carbonyl (C=O) groups is 2. The van der Waals surface area contributed by atoms with Gasteiger partial charge in [-0.25, -0.2) is 9.59 Å². The van der Waals surface area contributed by atoms with Crippen LogP contribution < -0.4 is 10.6 Å². The Hall–Kier alpha value is -1.76. The van der Waals surface area contributed by atoms with Crippen molar-refractivity contribution < 1.29 is 19.1 Å². The highest BCUT2D eigenvalue weighted by Crippen LogP contribution is 2.67. The maximum absolute atomic E-state index is 13.7. The fraction of sp³-hybridized carbons (Fsp3) is 0.915. The number of nitrogens with one attached hydrogen (secondary N) is 2. The van der Waals surface area contributed by atoms with E-state index in [0.717, 1.165) is 107 Å². The van der Waals surface area contributed by atoms with Crippen LogP contribution in [0, 0.1) is 52.3 Å². The van der Waals surface area contributed by atoms with Gasteiger partial charge in [-0.15, -0.1) is 0 Å². The van der Waals surface area contributed by atoms with Crippen LogP contribution in [0.1, 0.15) is 179 Å². The number of fused-ring (bicyclic) bond motifs is 5. The van der Waals surface area contributed by atoms with E-state index in [1.807, 2.05) is 32.6 Å². The molecule has 0 radical (unpaired) electrons. The Balaban J connectivity index is 1.23. The molecule has 0 aromatic rings. The number of nitrogens with zero attached hydrogens (tertiary/aromatic N) is 1. The lowest BCUT2D eigenvalue weighted by Gasteiger charge is -2.58. The van der Waals surface area contributed by atoms with Crippen LogP contribution in [0.25, 0.3) is 0 Å². The summed E-state index contributed by atoms with van der Waals surface area (Å²) in [5.41, 5.74) is 1.91. The second kappa shape index (κ2) is 20.1. The van der Waals surface area contributed by atoms with Crippen molar-refractivity contribution in [2.75, 3.05) is 26.2 Å². The standard InChI is InChI=1S/C47H85N3O4/c1-12-36(34(4)5)16-15-17-37-19-21-41-40-20-18-38-32-39(22-26-47(38,11)42(40)23-27-46(37,41)10)53-44(52)50(31-25-33(2)3)30-14-13-28-48-29-24-35(6)49-43(51)54-45(7,8)9/h18,33-37,39-42,48H,12-17,19-32H2,1-11H3,(H,49,51). The van der Waals surface area contributed by atoms with E-state index in [2.05, 4.69) is 65.2 Å². The molecule has 0 aromatic carbocycles. The zero-order valence-electron chi connectivity index (χ0n) is 37.0. The first-order valence-corrected chi connectivity index (χ1v) is 22.8. The molecule has 2 amide bonds. The monoisotopic (exact) mass is 756 g/mol. The van der Waals surface area contributed by atoms with Crippen molar-refractivity contribution in [3.63, 3.8) is 0 Å². The van der Waals surface area contributed by atoms with Crippen molar-refractivity contribution in [1.29, 1.82) is 0 Å². The topological polar surface area (TPSA) is 79.9 Å². The summed E-state index contributed by atoms with van der Waals surface area (Å²) in [5, 5.41) is 6.42. The van der Waals surface area contributed by atoms with Crippen LogP contribution in [0.3, 0.4) is 0 Å². The first kappa shape index (κ1) is 44.9. The predicted molar refractivity (Wildman–Crippen MR) is 225 cm³/mol. The van der Waals surface area contributed by atoms with Crippen LogP contribution in [0.5, 0.6) is 0 Å². The summed E-state index contributed by atoms with van der Waals surface area (Å²) in [6.45, 7) is 27.8. The molecule has 9 atom stereocenters. The summed E-state index contributed by atoms with van der Waals surface area (Å²) in [6.07, 6.45) is 21.5. The van der Waals surface area contributed by atoms with E-state index in [-0.39, 0.29) is 29.7 Å². The van der Waals surface area contributed by atoms with Gasteiger partial charge in [0.1, 0.15) is 11.7 Å². The van der Waals surface area contributed by atoms with E-state index in [9.17, 15) is 9.59 Å². The predicted octanol–water partition coefficient (Wildman–Crippen LogP) is 11.9. The average molecular weight is 756 g/mol. The second-order valence-electron chi connectivity index (χ2n) is 20.6. The number of hydrogen-bond donors (Lipinski definition) is 2. The lowest BCUT2D eigenvalue weighted by atomic mass is 9.47. The number of rotatable bonds is 19. The van der Waals surface area contributed by atoms with Gasteiger partial charge in [0.05, 0.1) is 0 Å². The van der Waals surface area contributed by atoms with Crippen molar-refractivity contribution in [3.8, 4) is 0 Å². The summed E-state index contributed by atoms with van der Waals surface area (Å²) in [7, 11) is 0. The number of carbonyl (C=O) groups excluding carboxylic acids is 2. The van der Waals surface area contributed by atoms with Gasteiger partial charge in [-0.3, -0.25) is 0 Å². The van der Waals surface area contributed by atoms with Gasteiger partial charge in [0.25, 0.3) is 0 Å². The smallest absolute Gasteiger partial charge is 0.410 e. The van der Waals surface area contributed by atoms with Crippen LogP contribution in [-0.4, -0.2) is 61.0 Å². The summed E-state index contributed by atoms with van der Waals surface area (Å²) in [6, 6.07) is 0.0405. The molecule has 4 rings (SSSR count). The van der Waals surface area contributed by atoms with Crippen LogP contribution in [-0.2, 0) is 9.47 Å². The van der Waals surface area contributed by atoms with Gasteiger partial charge in [0.2, 0.25) is 0 Å². The molecule has 7 nitrogen and oxygen atoms in total. The van der Waals surface area contributed by atoms with E-state index in [1.54, 1.807) is 5.57 Å². The molecule has 3 fully saturated rings. The lowest BCUT2D eigenvalue weighted by Crippen LogP contribution is -2.50. The normalized spacial score (nSPS) is 30.5. The molecule has 0 bridgehead atoms. The fourth-order valence-corrected chi connectivity index (χ4v) is 11.4. The van der Waals surface area contributed by atoms with Gasteiger partial charge in [-0.2, -0.15) is 0 Å². The largest absolute Gasteiger partial charge is 0.446 e. The zero-order valence-corrected chi connectivity index (χ0v) is 37.0. The summed E-state index contributed by atoms with van der Waals surface area (Å²) in [5.74, 6) is 5.66. The fourth-order valence-electron chi connectivity index (χ4n) is 11.4. The molecule has 2 N–H and O–H groups in total. The molecule has 54 heavy (non-hydrogen) atoms. The Morgan fingerprint density at radius 3 is 2.35 bits per heavy atom. The lowest BCUT2D eigenvalue weighted by molar-refractivity contribution is -0.0535. The molecule has 4 aliphatic rings. The number of hydrogen-bond acceptors (Lipinski definition) is 5. The van der Waals surface area contributed by atoms with E-state index in [4.69, 9.17) is 9.47 Å². The molecular weight excluding hydrogens is 671 g/mol. The van der Waals surface area contributed by atoms with Gasteiger partial charge in [0, 0.05) is 25.6 Å². The van der Waals surface area contributed by atoms with E-state index >= 15 is 0 Å². The second-order valence-corrected chi connectivity index (χ2v) is 20.6. The van der Waals surface area contributed by atoms with Gasteiger partial charge in [-0.05, 0) is 170 Å². The van der Waals surface area contributed by atoms with Crippen molar-refractivity contribution >= 4 is 12.2 Å². The summed E-state index contributed by atoms with van der Waals surface area (Å²) in [4.78, 5) is 27.7. The molecule has 0 saturated heterocycles. The van der Waals surface area contributed by atoms with Crippen LogP contribution in [0.2, 0.25) is 0 Å². The van der Waals surface area contributed by atoms with E-state index < -0.39 is 5.60 Å². The van der Waals surface area contributed by atoms with Crippen molar-refractivity contribution in [2.24, 2.45) is 52.3 Å². The van der Waals surface area contributed by atoms with E-state index in [1.165, 1.54) is 57.8 Å². The maximum Gasteiger partial charge on any atom is 0.410 e. The maximum atomic E-state index is 13.7. The van der Waals surface area contributed by atoms with Gasteiger partial charge in [-0.1, -0.05) is 79.4 Å². The molecule has 7 heteroatoms. The minimum absolute atomic E-state index is 0.00428. The third kappa shape index (κ3) is 12.1. The summed E-state index contributed by atoms with van der Waals surface area (Å²) < 4.78 is 11.7. The first-order valence-electron chi connectivity index (χ1n) is 22.8. The quantitative estimate of drug-likeness (QED) is 0.101. The number of alkyl carbamates (subject to hydrolysis) is 1. The molecule has 4 aliphatic carbocycles. The minimum atomic E-state index is -0.491. The molecule has 0 aliphatic heterocycles. The molecular formula is C47H85N3O4. The highest BCUT2D eigenvalue weighted by Gasteiger charge is 2.58. The number of unbranched alkanes of at least 4 members (excludes halogenated alkanes) is 1. The van der Waals surface area contributed by atoms with Crippen molar-refractivity contribution in [2.45, 2.75) is 197 Å². The van der Waals surface area contributed by atoms with Crippen molar-refractivity contribution in [3.05, 3.63) is 11.6 Å². The average Bonchev–Trinajstić information content (AvgIpc) is 3.42. The van der Waals surface area contributed by atoms with Crippen LogP contribution in [0.4, 0.5) is 9.59 Å². The van der Waals surface area contributed by atoms with Gasteiger partial charge in [0.15, 0.2) is 0 Å². The third-order valence-electron chi connectivity index (χ3n) is 14.9. The first-order chi connectivity index (χ1) is 25.5. The Bertz CT molecular complexity index is 1210. The number of allylic oxidation sites excluding steroid dienone is 1. The molecule has 0 spiro atoms. The van der Waals surface area contributed by atoms with Crippen LogP contribution in [0.15, 0.2) is 11.6 Å². The Labute approximate surface area is 332 Å². The zero-order chi connectivity index (χ0) is 39.7. The number of ether oxygens (including phenoxy) is 2. The molecule has 312 valence electrons. The Morgan fingerprint density at radius 2 is 1.67 bits per heavy atom. The van der Waals surface area contributed by atoms with Crippen LogP contribution >= 0.6 is 0 Å². The Kier molecular flexibility index (Phi) is 16.7. The van der Waals surface area contributed by atoms with Crippen molar-refractivity contribution in [1.82, 2.24) is 15.5 Å².